The number of phenolic OH excluding ortho intramolecular Hbond substituents is 1. The predicted octanol–water partition coefficient (Wildman–Crippen LogP) is 0.540. The summed E-state index contributed by atoms with van der Waals surface area (Å²) in [5.41, 5.74) is 0.577. The van der Waals surface area contributed by atoms with Gasteiger partial charge in [0.05, 0.1) is 6.54 Å². The zero-order chi connectivity index (χ0) is 20.5. The van der Waals surface area contributed by atoms with Crippen molar-refractivity contribution >= 4 is 28.8 Å². The summed E-state index contributed by atoms with van der Waals surface area (Å²) in [5.74, 6) is -1.27. The molecule has 29 heavy (non-hydrogen) atoms. The van der Waals surface area contributed by atoms with Crippen LogP contribution in [0.15, 0.2) is 6.07 Å². The molecule has 1 atom stereocenters. The Balaban J connectivity index is 1.49. The number of amides is 3. The molecule has 11 heteroatoms. The molecule has 9 nitrogen and oxygen atoms in total. The average Bonchev–Trinajstić information content (AvgIpc) is 3.04. The fourth-order valence-electron chi connectivity index (χ4n) is 3.88. The molecular formula is C18H23FN4O5S. The highest BCUT2D eigenvalue weighted by molar-refractivity contribution is 7.85. The molecule has 1 unspecified atom stereocenters. The molecule has 2 saturated heterocycles. The number of ether oxygens (including phenoxy) is 1. The number of anilines is 1. The van der Waals surface area contributed by atoms with Gasteiger partial charge in [-0.05, 0) is 36.8 Å². The van der Waals surface area contributed by atoms with E-state index in [0.717, 1.165) is 17.1 Å². The second-order valence-electron chi connectivity index (χ2n) is 7.42. The molecular weight excluding hydrogens is 403 g/mol. The first-order chi connectivity index (χ1) is 13.9. The van der Waals surface area contributed by atoms with Crippen LogP contribution in [-0.2, 0) is 33.7 Å². The number of aromatic hydroxyl groups is 1. The topological polar surface area (TPSA) is 111 Å². The number of phenols is 1. The Morgan fingerprint density at radius 2 is 2.14 bits per heavy atom. The quantitative estimate of drug-likeness (QED) is 0.653. The summed E-state index contributed by atoms with van der Waals surface area (Å²) in [6, 6.07) is 1.16. The maximum absolute atomic E-state index is 15.2. The van der Waals surface area contributed by atoms with Crippen molar-refractivity contribution in [3.05, 3.63) is 23.0 Å². The molecule has 0 spiro atoms. The largest absolute Gasteiger partial charge is 0.506 e. The van der Waals surface area contributed by atoms with Gasteiger partial charge in [0.15, 0.2) is 5.82 Å². The van der Waals surface area contributed by atoms with Crippen LogP contribution in [0.2, 0.25) is 0 Å². The molecule has 0 aliphatic carbocycles. The van der Waals surface area contributed by atoms with E-state index in [-0.39, 0.29) is 36.1 Å². The number of hydrogen-bond donors (Lipinski definition) is 3. The third-order valence-electron chi connectivity index (χ3n) is 5.52. The van der Waals surface area contributed by atoms with Crippen LogP contribution in [0.5, 0.6) is 5.75 Å². The number of fused-ring (bicyclic) bond motifs is 1. The van der Waals surface area contributed by atoms with Gasteiger partial charge in [-0.3, -0.25) is 13.8 Å². The minimum absolute atomic E-state index is 0.0376. The molecule has 158 valence electrons. The highest BCUT2D eigenvalue weighted by Gasteiger charge is 2.34. The van der Waals surface area contributed by atoms with Crippen molar-refractivity contribution < 1.29 is 28.0 Å². The van der Waals surface area contributed by atoms with Crippen molar-refractivity contribution in [2.24, 2.45) is 5.92 Å². The lowest BCUT2D eigenvalue weighted by Crippen LogP contribution is -2.45. The van der Waals surface area contributed by atoms with Crippen molar-refractivity contribution in [3.63, 3.8) is 0 Å². The van der Waals surface area contributed by atoms with Gasteiger partial charge in [0, 0.05) is 31.9 Å². The highest BCUT2D eigenvalue weighted by atomic mass is 32.2. The summed E-state index contributed by atoms with van der Waals surface area (Å²) < 4.78 is 35.7. The number of halogens is 1. The van der Waals surface area contributed by atoms with E-state index in [2.05, 4.69) is 10.0 Å². The van der Waals surface area contributed by atoms with Gasteiger partial charge in [0.2, 0.25) is 11.2 Å². The van der Waals surface area contributed by atoms with Gasteiger partial charge in [-0.25, -0.2) is 13.4 Å². The number of carbonyl (C=O) groups is 2. The standard InChI is InChI=1S/C18H23FN4O5S/c19-16-13-9-22(18(26)20-8-11-2-5-28-6-3-11)4-1-12(13)7-14(24)17(16)23-10-15(25)21-29(23)27/h7,11,24H,1-6,8-10H2,(H,20,26)(H,21,25). The van der Waals surface area contributed by atoms with Gasteiger partial charge in [-0.2, -0.15) is 0 Å². The Bertz CT molecular complexity index is 861. The Labute approximate surface area is 169 Å². The molecule has 3 aliphatic rings. The van der Waals surface area contributed by atoms with Crippen molar-refractivity contribution in [2.75, 3.05) is 37.2 Å². The van der Waals surface area contributed by atoms with Crippen LogP contribution in [0.1, 0.15) is 24.0 Å². The molecule has 0 bridgehead atoms. The van der Waals surface area contributed by atoms with Crippen LogP contribution >= 0.6 is 0 Å². The first kappa shape index (κ1) is 19.9. The molecule has 1 aromatic carbocycles. The number of hydrogen-bond acceptors (Lipinski definition) is 5. The van der Waals surface area contributed by atoms with Crippen LogP contribution in [0, 0.1) is 11.7 Å². The SMILES string of the molecule is O=C1CN(c2c(O)cc3c(c2F)CN(C(=O)NCC2CCOCC2)CC3)S(=O)N1. The van der Waals surface area contributed by atoms with Gasteiger partial charge in [0.1, 0.15) is 18.0 Å². The number of benzene rings is 1. The Hall–Kier alpha value is -2.40. The molecule has 3 heterocycles. The maximum atomic E-state index is 15.2. The number of nitrogens with zero attached hydrogens (tertiary/aromatic N) is 2. The number of urea groups is 1. The number of rotatable bonds is 3. The van der Waals surface area contributed by atoms with Gasteiger partial charge >= 0.3 is 6.03 Å². The van der Waals surface area contributed by atoms with Gasteiger partial charge in [-0.15, -0.1) is 0 Å². The molecule has 3 aliphatic heterocycles. The summed E-state index contributed by atoms with van der Waals surface area (Å²) in [6.45, 7) is 2.08. The molecule has 2 fully saturated rings. The lowest BCUT2D eigenvalue weighted by Gasteiger charge is -2.31. The number of carbonyl (C=O) groups excluding carboxylic acids is 2. The van der Waals surface area contributed by atoms with Gasteiger partial charge in [0.25, 0.3) is 5.91 Å². The summed E-state index contributed by atoms with van der Waals surface area (Å²) in [5, 5.41) is 13.2. The molecule has 3 amide bonds. The molecule has 0 saturated carbocycles. The van der Waals surface area contributed by atoms with Crippen molar-refractivity contribution in [2.45, 2.75) is 25.8 Å². The van der Waals surface area contributed by atoms with E-state index in [9.17, 15) is 18.9 Å². The van der Waals surface area contributed by atoms with E-state index in [0.29, 0.717) is 44.2 Å². The predicted molar refractivity (Wildman–Crippen MR) is 103 cm³/mol. The summed E-state index contributed by atoms with van der Waals surface area (Å²) >= 11 is -1.96. The Morgan fingerprint density at radius 1 is 1.38 bits per heavy atom. The third kappa shape index (κ3) is 4.01. The first-order valence-corrected chi connectivity index (χ1v) is 10.7. The zero-order valence-corrected chi connectivity index (χ0v) is 16.6. The molecule has 0 aromatic heterocycles. The van der Waals surface area contributed by atoms with Crippen LogP contribution in [0.4, 0.5) is 14.9 Å². The molecule has 0 radical (unpaired) electrons. The van der Waals surface area contributed by atoms with E-state index in [1.807, 2.05) is 0 Å². The van der Waals surface area contributed by atoms with E-state index in [1.54, 1.807) is 0 Å². The number of nitrogens with one attached hydrogen (secondary N) is 2. The fourth-order valence-corrected chi connectivity index (χ4v) is 4.82. The second kappa shape index (κ2) is 8.15. The molecule has 3 N–H and O–H groups in total. The third-order valence-corrected chi connectivity index (χ3v) is 6.64. The van der Waals surface area contributed by atoms with Crippen molar-refractivity contribution in [1.29, 1.82) is 0 Å². The second-order valence-corrected chi connectivity index (χ2v) is 8.56. The minimum Gasteiger partial charge on any atom is -0.506 e. The summed E-state index contributed by atoms with van der Waals surface area (Å²) in [6.07, 6.45) is 2.20. The monoisotopic (exact) mass is 426 g/mol. The smallest absolute Gasteiger partial charge is 0.317 e. The van der Waals surface area contributed by atoms with E-state index in [1.165, 1.54) is 11.0 Å². The van der Waals surface area contributed by atoms with Crippen molar-refractivity contribution in [1.82, 2.24) is 14.9 Å². The summed E-state index contributed by atoms with van der Waals surface area (Å²) in [7, 11) is 0. The Kier molecular flexibility index (Phi) is 5.59. The van der Waals surface area contributed by atoms with Crippen LogP contribution in [0.25, 0.3) is 0 Å². The van der Waals surface area contributed by atoms with E-state index in [4.69, 9.17) is 4.74 Å². The minimum atomic E-state index is -1.96. The van der Waals surface area contributed by atoms with Crippen LogP contribution in [0.3, 0.4) is 0 Å². The highest BCUT2D eigenvalue weighted by Crippen LogP contribution is 2.38. The van der Waals surface area contributed by atoms with Crippen LogP contribution in [-0.4, -0.2) is 59.0 Å². The summed E-state index contributed by atoms with van der Waals surface area (Å²) in [4.78, 5) is 25.6. The van der Waals surface area contributed by atoms with Crippen molar-refractivity contribution in [3.8, 4) is 5.75 Å². The maximum Gasteiger partial charge on any atom is 0.317 e. The van der Waals surface area contributed by atoms with Gasteiger partial charge in [-0.1, -0.05) is 0 Å². The van der Waals surface area contributed by atoms with Gasteiger partial charge < -0.3 is 20.1 Å². The first-order valence-electron chi connectivity index (χ1n) is 9.56. The fraction of sp³-hybridized carbons (Fsp3) is 0.556. The molecule has 1 aromatic rings. The van der Waals surface area contributed by atoms with Crippen LogP contribution < -0.4 is 14.3 Å². The lowest BCUT2D eigenvalue weighted by atomic mass is 9.97. The Morgan fingerprint density at radius 3 is 2.83 bits per heavy atom. The lowest BCUT2D eigenvalue weighted by molar-refractivity contribution is -0.117. The van der Waals surface area contributed by atoms with E-state index < -0.39 is 22.9 Å². The zero-order valence-electron chi connectivity index (χ0n) is 15.8. The van der Waals surface area contributed by atoms with E-state index >= 15 is 4.39 Å². The normalized spacial score (nSPS) is 22.4. The molecule has 4 rings (SSSR count). The average molecular weight is 426 g/mol.